The number of rotatable bonds is 2. The van der Waals surface area contributed by atoms with Gasteiger partial charge in [-0.1, -0.05) is 37.3 Å². The molecular weight excluding hydrogens is 252 g/mol. The first kappa shape index (κ1) is 12.7. The van der Waals surface area contributed by atoms with Crippen molar-refractivity contribution >= 4 is 22.4 Å². The molecule has 0 saturated heterocycles. The van der Waals surface area contributed by atoms with Crippen molar-refractivity contribution in [3.63, 3.8) is 0 Å². The van der Waals surface area contributed by atoms with Crippen LogP contribution in [0.1, 0.15) is 26.7 Å². The number of nitrogens with one attached hydrogen (secondary N) is 1. The lowest BCUT2D eigenvalue weighted by Gasteiger charge is -2.15. The van der Waals surface area contributed by atoms with Crippen LogP contribution in [0.2, 0.25) is 0 Å². The van der Waals surface area contributed by atoms with Gasteiger partial charge in [0.25, 0.3) is 0 Å². The van der Waals surface area contributed by atoms with Crippen LogP contribution in [-0.4, -0.2) is 21.0 Å². The van der Waals surface area contributed by atoms with Gasteiger partial charge in [-0.05, 0) is 0 Å². The first-order valence-corrected chi connectivity index (χ1v) is 6.26. The summed E-state index contributed by atoms with van der Waals surface area (Å²) in [5.41, 5.74) is -0.450. The van der Waals surface area contributed by atoms with E-state index in [1.807, 2.05) is 20.8 Å². The second-order valence-electron chi connectivity index (χ2n) is 4.87. The molecule has 2 aromatic heterocycles. The quantitative estimate of drug-likeness (QED) is 0.903. The van der Waals surface area contributed by atoms with E-state index >= 15 is 0 Å². The van der Waals surface area contributed by atoms with E-state index in [4.69, 9.17) is 4.52 Å². The average molecular weight is 266 g/mol. The molecule has 0 aliphatic heterocycles. The van der Waals surface area contributed by atoms with Crippen molar-refractivity contribution in [3.05, 3.63) is 12.1 Å². The van der Waals surface area contributed by atoms with E-state index in [2.05, 4.69) is 20.4 Å². The van der Waals surface area contributed by atoms with Crippen molar-refractivity contribution in [2.24, 2.45) is 5.41 Å². The Kier molecular flexibility index (Phi) is 3.16. The third kappa shape index (κ3) is 2.73. The second kappa shape index (κ2) is 4.49. The third-order valence-corrected chi connectivity index (χ3v) is 3.06. The number of aromatic nitrogens is 3. The fraction of sp³-hybridized carbons (Fsp3) is 0.455. The summed E-state index contributed by atoms with van der Waals surface area (Å²) in [6.45, 7) is 7.26. The topological polar surface area (TPSA) is 80.9 Å². The maximum Gasteiger partial charge on any atom is 0.231 e. The van der Waals surface area contributed by atoms with Crippen LogP contribution in [-0.2, 0) is 4.79 Å². The molecule has 1 amide bonds. The van der Waals surface area contributed by atoms with Crippen LogP contribution < -0.4 is 5.32 Å². The highest BCUT2D eigenvalue weighted by molar-refractivity contribution is 7.19. The van der Waals surface area contributed by atoms with E-state index in [0.29, 0.717) is 16.8 Å². The summed E-state index contributed by atoms with van der Waals surface area (Å²) in [4.78, 5) is 20.8. The zero-order chi connectivity index (χ0) is 13.3. The Balaban J connectivity index is 2.14. The van der Waals surface area contributed by atoms with Crippen molar-refractivity contribution in [2.45, 2.75) is 27.7 Å². The Hall–Kier alpha value is -1.76. The second-order valence-corrected chi connectivity index (χ2v) is 5.90. The Morgan fingerprint density at radius 3 is 2.72 bits per heavy atom. The molecule has 0 radical (unpaired) electrons. The summed E-state index contributed by atoms with van der Waals surface area (Å²) < 4.78 is 4.89. The molecule has 0 aliphatic carbocycles. The lowest BCUT2D eigenvalue weighted by Crippen LogP contribution is -2.27. The lowest BCUT2D eigenvalue weighted by atomic mass is 9.96. The molecule has 0 saturated carbocycles. The van der Waals surface area contributed by atoms with Gasteiger partial charge in [0.2, 0.25) is 17.6 Å². The van der Waals surface area contributed by atoms with E-state index in [1.54, 1.807) is 13.1 Å². The minimum atomic E-state index is -0.450. The Morgan fingerprint density at radius 2 is 2.17 bits per heavy atom. The van der Waals surface area contributed by atoms with Gasteiger partial charge in [0.1, 0.15) is 0 Å². The lowest BCUT2D eigenvalue weighted by molar-refractivity contribution is -0.123. The standard InChI is InChI=1S/C11H14N4O2S/c1-6-13-8(15-17-6)7-5-12-10(18-7)14-9(16)11(2,3)4/h5H,1-4H3,(H,12,14,16). The largest absolute Gasteiger partial charge is 0.339 e. The van der Waals surface area contributed by atoms with Crippen LogP contribution in [0.15, 0.2) is 10.7 Å². The average Bonchev–Trinajstić information content (AvgIpc) is 2.85. The number of carbonyl (C=O) groups is 1. The minimum Gasteiger partial charge on any atom is -0.339 e. The van der Waals surface area contributed by atoms with Gasteiger partial charge < -0.3 is 9.84 Å². The number of hydrogen-bond donors (Lipinski definition) is 1. The third-order valence-electron chi connectivity index (χ3n) is 2.16. The molecule has 96 valence electrons. The monoisotopic (exact) mass is 266 g/mol. The summed E-state index contributed by atoms with van der Waals surface area (Å²) in [5, 5.41) is 7.09. The molecule has 0 atom stereocenters. The number of hydrogen-bond acceptors (Lipinski definition) is 6. The number of aryl methyl sites for hydroxylation is 1. The fourth-order valence-electron chi connectivity index (χ4n) is 1.12. The van der Waals surface area contributed by atoms with Crippen LogP contribution in [0.5, 0.6) is 0 Å². The zero-order valence-corrected chi connectivity index (χ0v) is 11.5. The van der Waals surface area contributed by atoms with Gasteiger partial charge in [0.05, 0.1) is 11.1 Å². The summed E-state index contributed by atoms with van der Waals surface area (Å²) in [5.74, 6) is 0.910. The Bertz CT molecular complexity index is 568. The molecule has 0 aromatic carbocycles. The predicted octanol–water partition coefficient (Wildman–Crippen LogP) is 2.49. The molecule has 2 heterocycles. The van der Waals surface area contributed by atoms with Crippen molar-refractivity contribution in [3.8, 4) is 10.7 Å². The first-order chi connectivity index (χ1) is 8.36. The van der Waals surface area contributed by atoms with Gasteiger partial charge in [-0.25, -0.2) is 4.98 Å². The van der Waals surface area contributed by atoms with Gasteiger partial charge in [-0.15, -0.1) is 0 Å². The van der Waals surface area contributed by atoms with Gasteiger partial charge in [0, 0.05) is 12.3 Å². The van der Waals surface area contributed by atoms with Crippen LogP contribution in [0, 0.1) is 12.3 Å². The van der Waals surface area contributed by atoms with Crippen molar-refractivity contribution in [1.82, 2.24) is 15.1 Å². The molecular formula is C11H14N4O2S. The highest BCUT2D eigenvalue weighted by Gasteiger charge is 2.22. The van der Waals surface area contributed by atoms with Gasteiger partial charge in [-0.3, -0.25) is 4.79 Å². The Labute approximate surface area is 108 Å². The van der Waals surface area contributed by atoms with Crippen LogP contribution in [0.25, 0.3) is 10.7 Å². The van der Waals surface area contributed by atoms with Gasteiger partial charge in [-0.2, -0.15) is 4.98 Å². The van der Waals surface area contributed by atoms with Crippen LogP contribution in [0.3, 0.4) is 0 Å². The maximum atomic E-state index is 11.8. The van der Waals surface area contributed by atoms with E-state index in [9.17, 15) is 4.79 Å². The number of anilines is 1. The van der Waals surface area contributed by atoms with E-state index in [-0.39, 0.29) is 5.91 Å². The smallest absolute Gasteiger partial charge is 0.231 e. The SMILES string of the molecule is Cc1nc(-c2cnc(NC(=O)C(C)(C)C)s2)no1. The molecule has 0 bridgehead atoms. The molecule has 7 heteroatoms. The molecule has 0 spiro atoms. The number of thiazole rings is 1. The summed E-state index contributed by atoms with van der Waals surface area (Å²) in [6.07, 6.45) is 1.62. The van der Waals surface area contributed by atoms with Crippen LogP contribution >= 0.6 is 11.3 Å². The van der Waals surface area contributed by atoms with E-state index in [1.165, 1.54) is 11.3 Å². The highest BCUT2D eigenvalue weighted by Crippen LogP contribution is 2.27. The summed E-state index contributed by atoms with van der Waals surface area (Å²) >= 11 is 1.32. The molecule has 0 aliphatic rings. The molecule has 1 N–H and O–H groups in total. The molecule has 2 aromatic rings. The molecule has 2 rings (SSSR count). The number of amides is 1. The summed E-state index contributed by atoms with van der Waals surface area (Å²) in [6, 6.07) is 0. The molecule has 0 unspecified atom stereocenters. The minimum absolute atomic E-state index is 0.0762. The highest BCUT2D eigenvalue weighted by atomic mass is 32.1. The van der Waals surface area contributed by atoms with Crippen molar-refractivity contribution in [2.75, 3.05) is 5.32 Å². The molecule has 0 fully saturated rings. The zero-order valence-electron chi connectivity index (χ0n) is 10.6. The fourth-order valence-corrected chi connectivity index (χ4v) is 1.86. The van der Waals surface area contributed by atoms with Crippen LogP contribution in [0.4, 0.5) is 5.13 Å². The van der Waals surface area contributed by atoms with Gasteiger partial charge in [0.15, 0.2) is 5.13 Å². The van der Waals surface area contributed by atoms with Gasteiger partial charge >= 0.3 is 0 Å². The molecule has 6 nitrogen and oxygen atoms in total. The van der Waals surface area contributed by atoms with E-state index < -0.39 is 5.41 Å². The maximum absolute atomic E-state index is 11.8. The first-order valence-electron chi connectivity index (χ1n) is 5.44. The number of carbonyl (C=O) groups excluding carboxylic acids is 1. The molecule has 18 heavy (non-hydrogen) atoms. The van der Waals surface area contributed by atoms with Crippen molar-refractivity contribution < 1.29 is 9.32 Å². The predicted molar refractivity (Wildman–Crippen MR) is 68.2 cm³/mol. The van der Waals surface area contributed by atoms with Crippen molar-refractivity contribution in [1.29, 1.82) is 0 Å². The Morgan fingerprint density at radius 1 is 1.44 bits per heavy atom. The van der Waals surface area contributed by atoms with E-state index in [0.717, 1.165) is 4.88 Å². The summed E-state index contributed by atoms with van der Waals surface area (Å²) in [7, 11) is 0. The normalized spacial score (nSPS) is 11.6. The number of nitrogens with zero attached hydrogens (tertiary/aromatic N) is 3.